The van der Waals surface area contributed by atoms with Crippen LogP contribution in [-0.2, 0) is 6.42 Å². The molecule has 1 aromatic rings. The summed E-state index contributed by atoms with van der Waals surface area (Å²) in [7, 11) is 0. The lowest BCUT2D eigenvalue weighted by atomic mass is 9.92. The van der Waals surface area contributed by atoms with Gasteiger partial charge in [-0.1, -0.05) is 19.1 Å². The quantitative estimate of drug-likeness (QED) is 0.639. The predicted octanol–water partition coefficient (Wildman–Crippen LogP) is 2.91. The van der Waals surface area contributed by atoms with Crippen LogP contribution in [0.3, 0.4) is 0 Å². The smallest absolute Gasteiger partial charge is 0.0405 e. The van der Waals surface area contributed by atoms with Gasteiger partial charge in [-0.25, -0.2) is 0 Å². The molecule has 0 saturated carbocycles. The van der Waals surface area contributed by atoms with E-state index < -0.39 is 0 Å². The first-order valence-electron chi connectivity index (χ1n) is 5.01. The van der Waals surface area contributed by atoms with Gasteiger partial charge in [0.05, 0.1) is 0 Å². The van der Waals surface area contributed by atoms with E-state index in [1.54, 1.807) is 0 Å². The summed E-state index contributed by atoms with van der Waals surface area (Å²) in [6.45, 7) is 7.80. The number of hydrogen-bond acceptors (Lipinski definition) is 1. The molecule has 0 spiro atoms. The zero-order valence-electron chi connectivity index (χ0n) is 8.65. The molecule has 1 aromatic carbocycles. The Balaban J connectivity index is 2.47. The fourth-order valence-electron chi connectivity index (χ4n) is 2.01. The van der Waals surface area contributed by atoms with E-state index >= 15 is 0 Å². The van der Waals surface area contributed by atoms with Gasteiger partial charge in [0.15, 0.2) is 0 Å². The zero-order chi connectivity index (χ0) is 9.42. The first kappa shape index (κ1) is 8.61. The van der Waals surface area contributed by atoms with Crippen LogP contribution in [0.1, 0.15) is 23.6 Å². The molecular weight excluding hydrogens is 158 g/mol. The SMILES string of the molecule is Cc1ccc2c(c1C)NCC(C)C2. The Morgan fingerprint density at radius 1 is 1.31 bits per heavy atom. The normalized spacial score (nSPS) is 20.7. The van der Waals surface area contributed by atoms with Crippen LogP contribution >= 0.6 is 0 Å². The van der Waals surface area contributed by atoms with E-state index in [2.05, 4.69) is 38.2 Å². The van der Waals surface area contributed by atoms with Gasteiger partial charge in [0.25, 0.3) is 0 Å². The highest BCUT2D eigenvalue weighted by Gasteiger charge is 2.16. The Morgan fingerprint density at radius 2 is 2.08 bits per heavy atom. The summed E-state index contributed by atoms with van der Waals surface area (Å²) in [5.74, 6) is 0.773. The minimum absolute atomic E-state index is 0.773. The molecule has 0 radical (unpaired) electrons. The Labute approximate surface area is 80.2 Å². The molecule has 1 unspecified atom stereocenters. The molecule has 1 aliphatic heterocycles. The van der Waals surface area contributed by atoms with Crippen molar-refractivity contribution in [1.82, 2.24) is 0 Å². The fourth-order valence-corrected chi connectivity index (χ4v) is 2.01. The second-order valence-corrected chi connectivity index (χ2v) is 4.23. The van der Waals surface area contributed by atoms with Gasteiger partial charge in [0, 0.05) is 12.2 Å². The minimum Gasteiger partial charge on any atom is -0.384 e. The molecule has 0 saturated heterocycles. The van der Waals surface area contributed by atoms with Crippen LogP contribution in [0.5, 0.6) is 0 Å². The average molecular weight is 175 g/mol. The molecule has 1 atom stereocenters. The van der Waals surface area contributed by atoms with Crippen molar-refractivity contribution >= 4 is 5.69 Å². The maximum atomic E-state index is 3.52. The molecule has 1 heterocycles. The van der Waals surface area contributed by atoms with E-state index in [4.69, 9.17) is 0 Å². The molecule has 2 rings (SSSR count). The molecule has 0 bridgehead atoms. The van der Waals surface area contributed by atoms with E-state index in [9.17, 15) is 0 Å². The van der Waals surface area contributed by atoms with Crippen molar-refractivity contribution in [2.24, 2.45) is 5.92 Å². The van der Waals surface area contributed by atoms with E-state index in [1.807, 2.05) is 0 Å². The molecule has 1 nitrogen and oxygen atoms in total. The van der Waals surface area contributed by atoms with Crippen LogP contribution in [-0.4, -0.2) is 6.54 Å². The highest BCUT2D eigenvalue weighted by molar-refractivity contribution is 5.61. The monoisotopic (exact) mass is 175 g/mol. The number of aryl methyl sites for hydroxylation is 1. The van der Waals surface area contributed by atoms with Gasteiger partial charge >= 0.3 is 0 Å². The Hall–Kier alpha value is -0.980. The topological polar surface area (TPSA) is 12.0 Å². The number of benzene rings is 1. The Bertz CT molecular complexity index is 328. The second-order valence-electron chi connectivity index (χ2n) is 4.23. The molecule has 1 heteroatoms. The largest absolute Gasteiger partial charge is 0.384 e. The molecule has 1 aliphatic rings. The third-order valence-corrected chi connectivity index (χ3v) is 3.02. The number of anilines is 1. The number of rotatable bonds is 0. The lowest BCUT2D eigenvalue weighted by molar-refractivity contribution is 0.594. The van der Waals surface area contributed by atoms with E-state index in [0.717, 1.165) is 12.5 Å². The van der Waals surface area contributed by atoms with E-state index in [0.29, 0.717) is 0 Å². The third-order valence-electron chi connectivity index (χ3n) is 3.02. The fraction of sp³-hybridized carbons (Fsp3) is 0.500. The van der Waals surface area contributed by atoms with Crippen molar-refractivity contribution in [2.45, 2.75) is 27.2 Å². The lowest BCUT2D eigenvalue weighted by Gasteiger charge is -2.25. The first-order valence-corrected chi connectivity index (χ1v) is 5.01. The molecule has 13 heavy (non-hydrogen) atoms. The zero-order valence-corrected chi connectivity index (χ0v) is 8.65. The van der Waals surface area contributed by atoms with Gasteiger partial charge in [0.2, 0.25) is 0 Å². The standard InChI is InChI=1S/C12H17N/c1-8-6-11-5-4-9(2)10(3)12(11)13-7-8/h4-5,8,13H,6-7H2,1-3H3. The molecule has 70 valence electrons. The minimum atomic E-state index is 0.773. The van der Waals surface area contributed by atoms with Crippen LogP contribution < -0.4 is 5.32 Å². The number of hydrogen-bond donors (Lipinski definition) is 1. The highest BCUT2D eigenvalue weighted by Crippen LogP contribution is 2.29. The lowest BCUT2D eigenvalue weighted by Crippen LogP contribution is -2.21. The van der Waals surface area contributed by atoms with Crippen molar-refractivity contribution < 1.29 is 0 Å². The van der Waals surface area contributed by atoms with Crippen LogP contribution in [0.25, 0.3) is 0 Å². The molecule has 1 N–H and O–H groups in total. The number of fused-ring (bicyclic) bond motifs is 1. The van der Waals surface area contributed by atoms with Gasteiger partial charge in [-0.05, 0) is 42.9 Å². The summed E-state index contributed by atoms with van der Waals surface area (Å²) >= 11 is 0. The van der Waals surface area contributed by atoms with Gasteiger partial charge in [-0.3, -0.25) is 0 Å². The van der Waals surface area contributed by atoms with Crippen molar-refractivity contribution in [3.8, 4) is 0 Å². The van der Waals surface area contributed by atoms with Crippen molar-refractivity contribution in [3.63, 3.8) is 0 Å². The maximum Gasteiger partial charge on any atom is 0.0405 e. The molecule has 0 aliphatic carbocycles. The molecular formula is C12H17N. The van der Waals surface area contributed by atoms with Crippen LogP contribution in [0.15, 0.2) is 12.1 Å². The second kappa shape index (κ2) is 3.06. The predicted molar refractivity (Wildman–Crippen MR) is 57.3 cm³/mol. The van der Waals surface area contributed by atoms with E-state index in [1.165, 1.54) is 28.8 Å². The summed E-state index contributed by atoms with van der Waals surface area (Å²) in [5, 5.41) is 3.52. The van der Waals surface area contributed by atoms with Crippen molar-refractivity contribution in [1.29, 1.82) is 0 Å². The molecule has 0 aromatic heterocycles. The van der Waals surface area contributed by atoms with Crippen molar-refractivity contribution in [2.75, 3.05) is 11.9 Å². The Kier molecular flexibility index (Phi) is 2.03. The summed E-state index contributed by atoms with van der Waals surface area (Å²) in [4.78, 5) is 0. The average Bonchev–Trinajstić information content (AvgIpc) is 2.12. The summed E-state index contributed by atoms with van der Waals surface area (Å²) in [5.41, 5.74) is 5.69. The van der Waals surface area contributed by atoms with Crippen LogP contribution in [0.4, 0.5) is 5.69 Å². The van der Waals surface area contributed by atoms with Crippen LogP contribution in [0.2, 0.25) is 0 Å². The summed E-state index contributed by atoms with van der Waals surface area (Å²) in [6.07, 6.45) is 1.23. The molecule has 0 fully saturated rings. The molecule has 0 amide bonds. The van der Waals surface area contributed by atoms with Crippen LogP contribution in [0, 0.1) is 19.8 Å². The Morgan fingerprint density at radius 3 is 2.85 bits per heavy atom. The van der Waals surface area contributed by atoms with Gasteiger partial charge < -0.3 is 5.32 Å². The van der Waals surface area contributed by atoms with Gasteiger partial charge in [0.1, 0.15) is 0 Å². The number of nitrogens with one attached hydrogen (secondary N) is 1. The van der Waals surface area contributed by atoms with Gasteiger partial charge in [-0.15, -0.1) is 0 Å². The highest BCUT2D eigenvalue weighted by atomic mass is 14.9. The summed E-state index contributed by atoms with van der Waals surface area (Å²) in [6, 6.07) is 4.49. The maximum absolute atomic E-state index is 3.52. The first-order chi connectivity index (χ1) is 6.18. The van der Waals surface area contributed by atoms with E-state index in [-0.39, 0.29) is 0 Å². The van der Waals surface area contributed by atoms with Crippen molar-refractivity contribution in [3.05, 3.63) is 28.8 Å². The van der Waals surface area contributed by atoms with Gasteiger partial charge in [-0.2, -0.15) is 0 Å². The summed E-state index contributed by atoms with van der Waals surface area (Å²) < 4.78 is 0. The third kappa shape index (κ3) is 1.43.